The second-order valence-corrected chi connectivity index (χ2v) is 3.96. The van der Waals surface area contributed by atoms with Crippen molar-refractivity contribution in [1.82, 2.24) is 0 Å². The van der Waals surface area contributed by atoms with Crippen molar-refractivity contribution in [2.45, 2.75) is 6.42 Å². The molecule has 4 nitrogen and oxygen atoms in total. The summed E-state index contributed by atoms with van der Waals surface area (Å²) in [5, 5.41) is 0. The fraction of sp³-hybridized carbons (Fsp3) is 0.143. The van der Waals surface area contributed by atoms with E-state index in [1.807, 2.05) is 30.3 Å². The van der Waals surface area contributed by atoms with Gasteiger partial charge in [0, 0.05) is 0 Å². The molecule has 0 bridgehead atoms. The second kappa shape index (κ2) is 4.49. The third-order valence-electron chi connectivity index (χ3n) is 2.78. The third-order valence-corrected chi connectivity index (χ3v) is 2.78. The monoisotopic (exact) mass is 241 g/mol. The molecule has 2 aliphatic rings. The summed E-state index contributed by atoms with van der Waals surface area (Å²) in [6.07, 6.45) is 5.73. The van der Waals surface area contributed by atoms with Gasteiger partial charge in [-0.15, -0.1) is 0 Å². The highest BCUT2D eigenvalue weighted by molar-refractivity contribution is 6.35. The molecule has 1 aromatic carbocycles. The molecule has 0 aromatic heterocycles. The topological polar surface area (TPSA) is 47.9 Å². The first-order chi connectivity index (χ1) is 8.84. The Balaban J connectivity index is 2.04. The lowest BCUT2D eigenvalue weighted by Crippen LogP contribution is -2.06. The van der Waals surface area contributed by atoms with Crippen molar-refractivity contribution in [2.24, 2.45) is 4.99 Å². The first-order valence-corrected chi connectivity index (χ1v) is 5.67. The van der Waals surface area contributed by atoms with E-state index in [0.29, 0.717) is 5.76 Å². The Morgan fingerprint density at radius 3 is 3.00 bits per heavy atom. The largest absolute Gasteiger partial charge is 0.453 e. The Kier molecular flexibility index (Phi) is 2.68. The van der Waals surface area contributed by atoms with E-state index in [2.05, 4.69) is 4.99 Å². The predicted molar refractivity (Wildman–Crippen MR) is 66.5 cm³/mol. The van der Waals surface area contributed by atoms with E-state index in [1.54, 1.807) is 6.08 Å². The Morgan fingerprint density at radius 2 is 2.06 bits per heavy atom. The average molecular weight is 241 g/mol. The van der Waals surface area contributed by atoms with Crippen LogP contribution in [0.1, 0.15) is 5.56 Å². The van der Waals surface area contributed by atoms with Gasteiger partial charge in [-0.1, -0.05) is 24.3 Å². The molecule has 0 saturated carbocycles. The lowest BCUT2D eigenvalue weighted by atomic mass is 10.1. The van der Waals surface area contributed by atoms with Gasteiger partial charge in [-0.2, -0.15) is 0 Å². The van der Waals surface area contributed by atoms with Crippen LogP contribution in [-0.2, 0) is 20.7 Å². The quantitative estimate of drug-likeness (QED) is 0.700. The SMILES string of the molecule is O=C1C=Nc2ccccc2CC=CC2=C1OCO2. The van der Waals surface area contributed by atoms with Crippen molar-refractivity contribution in [3.8, 4) is 0 Å². The van der Waals surface area contributed by atoms with E-state index in [9.17, 15) is 4.79 Å². The van der Waals surface area contributed by atoms with Gasteiger partial charge in [0.05, 0.1) is 11.9 Å². The number of ketones is 1. The Bertz CT molecular complexity index is 584. The molecule has 0 atom stereocenters. The minimum atomic E-state index is -0.274. The van der Waals surface area contributed by atoms with Crippen LogP contribution in [0, 0.1) is 0 Å². The fourth-order valence-corrected chi connectivity index (χ4v) is 1.89. The van der Waals surface area contributed by atoms with Crippen molar-refractivity contribution in [1.29, 1.82) is 0 Å². The maximum atomic E-state index is 11.9. The van der Waals surface area contributed by atoms with E-state index in [-0.39, 0.29) is 18.3 Å². The Labute approximate surface area is 104 Å². The zero-order valence-electron chi connectivity index (χ0n) is 9.63. The van der Waals surface area contributed by atoms with Gasteiger partial charge in [0.1, 0.15) is 0 Å². The molecule has 0 N–H and O–H groups in total. The Morgan fingerprint density at radius 1 is 1.17 bits per heavy atom. The van der Waals surface area contributed by atoms with Gasteiger partial charge in [0.25, 0.3) is 0 Å². The first-order valence-electron chi connectivity index (χ1n) is 5.67. The van der Waals surface area contributed by atoms with Gasteiger partial charge < -0.3 is 9.47 Å². The predicted octanol–water partition coefficient (Wildman–Crippen LogP) is 2.29. The number of hydrogen-bond donors (Lipinski definition) is 0. The van der Waals surface area contributed by atoms with Crippen LogP contribution in [0.15, 0.2) is 52.9 Å². The van der Waals surface area contributed by atoms with Crippen LogP contribution in [0.4, 0.5) is 5.69 Å². The lowest BCUT2D eigenvalue weighted by Gasteiger charge is -2.04. The molecule has 0 unspecified atom stereocenters. The molecule has 18 heavy (non-hydrogen) atoms. The van der Waals surface area contributed by atoms with Crippen LogP contribution in [-0.4, -0.2) is 18.8 Å². The second-order valence-electron chi connectivity index (χ2n) is 3.96. The van der Waals surface area contributed by atoms with Crippen molar-refractivity contribution in [2.75, 3.05) is 6.79 Å². The molecule has 2 heterocycles. The number of benzene rings is 1. The summed E-state index contributed by atoms with van der Waals surface area (Å²) in [6.45, 7) is 0.0849. The van der Waals surface area contributed by atoms with E-state index < -0.39 is 0 Å². The van der Waals surface area contributed by atoms with E-state index in [4.69, 9.17) is 9.47 Å². The normalized spacial score (nSPS) is 17.9. The average Bonchev–Trinajstić information content (AvgIpc) is 2.85. The molecule has 90 valence electrons. The highest BCUT2D eigenvalue weighted by Crippen LogP contribution is 2.23. The van der Waals surface area contributed by atoms with E-state index in [1.165, 1.54) is 6.21 Å². The van der Waals surface area contributed by atoms with E-state index >= 15 is 0 Å². The number of nitrogens with zero attached hydrogens (tertiary/aromatic N) is 1. The van der Waals surface area contributed by atoms with Gasteiger partial charge in [0.2, 0.25) is 18.3 Å². The van der Waals surface area contributed by atoms with Gasteiger partial charge >= 0.3 is 0 Å². The number of ether oxygens (including phenoxy) is 2. The maximum absolute atomic E-state index is 11.9. The highest BCUT2D eigenvalue weighted by Gasteiger charge is 2.21. The molecule has 2 aliphatic heterocycles. The van der Waals surface area contributed by atoms with Crippen LogP contribution >= 0.6 is 0 Å². The number of para-hydroxylation sites is 1. The number of fused-ring (bicyclic) bond motifs is 1. The molecule has 0 aliphatic carbocycles. The molecule has 0 amide bonds. The molecule has 0 fully saturated rings. The Hall–Kier alpha value is -2.36. The van der Waals surface area contributed by atoms with Gasteiger partial charge in [-0.25, -0.2) is 0 Å². The van der Waals surface area contributed by atoms with Crippen molar-refractivity contribution in [3.63, 3.8) is 0 Å². The number of carbonyl (C=O) groups is 1. The maximum Gasteiger partial charge on any atom is 0.242 e. The zero-order valence-corrected chi connectivity index (χ0v) is 9.63. The minimum Gasteiger partial charge on any atom is -0.453 e. The summed E-state index contributed by atoms with van der Waals surface area (Å²) in [5.41, 5.74) is 1.87. The lowest BCUT2D eigenvalue weighted by molar-refractivity contribution is -0.112. The number of allylic oxidation sites excluding steroid dienone is 3. The summed E-state index contributed by atoms with van der Waals surface area (Å²) in [4.78, 5) is 16.1. The molecule has 0 spiro atoms. The van der Waals surface area contributed by atoms with Crippen molar-refractivity contribution >= 4 is 17.7 Å². The van der Waals surface area contributed by atoms with Crippen LogP contribution in [0.5, 0.6) is 0 Å². The molecule has 1 aromatic rings. The van der Waals surface area contributed by atoms with Crippen LogP contribution in [0.25, 0.3) is 0 Å². The highest BCUT2D eigenvalue weighted by atomic mass is 16.7. The number of rotatable bonds is 0. The number of Topliss-reactive ketones (excluding diaryl/α,β-unsaturated/α-hetero) is 1. The molecule has 0 saturated heterocycles. The molecule has 3 rings (SSSR count). The first kappa shape index (κ1) is 10.8. The smallest absolute Gasteiger partial charge is 0.242 e. The zero-order chi connectivity index (χ0) is 12.4. The summed E-state index contributed by atoms with van der Waals surface area (Å²) in [6, 6.07) is 7.73. The molecule has 4 heteroatoms. The van der Waals surface area contributed by atoms with Crippen LogP contribution in [0.3, 0.4) is 0 Å². The molecular weight excluding hydrogens is 230 g/mol. The number of hydrogen-bond acceptors (Lipinski definition) is 4. The van der Waals surface area contributed by atoms with Crippen molar-refractivity contribution < 1.29 is 14.3 Å². The summed E-state index contributed by atoms with van der Waals surface area (Å²) < 4.78 is 10.4. The van der Waals surface area contributed by atoms with E-state index in [0.717, 1.165) is 17.7 Å². The number of carbonyl (C=O) groups excluding carboxylic acids is 1. The minimum absolute atomic E-state index is 0.0849. The van der Waals surface area contributed by atoms with Crippen LogP contribution in [0.2, 0.25) is 0 Å². The van der Waals surface area contributed by atoms with Crippen molar-refractivity contribution in [3.05, 3.63) is 53.5 Å². The molecule has 0 radical (unpaired) electrons. The third kappa shape index (κ3) is 1.93. The summed E-state index contributed by atoms with van der Waals surface area (Å²) in [7, 11) is 0. The van der Waals surface area contributed by atoms with Gasteiger partial charge in [-0.05, 0) is 24.1 Å². The summed E-state index contributed by atoms with van der Waals surface area (Å²) in [5.74, 6) is 0.434. The fourth-order valence-electron chi connectivity index (χ4n) is 1.89. The summed E-state index contributed by atoms with van der Waals surface area (Å²) >= 11 is 0. The molecular formula is C14H11NO3. The van der Waals surface area contributed by atoms with Crippen LogP contribution < -0.4 is 0 Å². The number of aliphatic imine (C=N–C) groups is 1. The standard InChI is InChI=1S/C14H11NO3/c16-12-8-15-11-6-2-1-4-10(11)5-3-7-13-14(12)18-9-17-13/h1-4,6-8H,5,9H2. The van der Waals surface area contributed by atoms with Gasteiger partial charge in [-0.3, -0.25) is 9.79 Å². The van der Waals surface area contributed by atoms with Gasteiger partial charge in [0.15, 0.2) is 5.76 Å².